The van der Waals surface area contributed by atoms with E-state index in [2.05, 4.69) is 23.4 Å². The summed E-state index contributed by atoms with van der Waals surface area (Å²) in [7, 11) is 0. The van der Waals surface area contributed by atoms with Crippen LogP contribution in [0.25, 0.3) is 0 Å². The van der Waals surface area contributed by atoms with Crippen LogP contribution in [0.15, 0.2) is 35.0 Å². The summed E-state index contributed by atoms with van der Waals surface area (Å²) in [6.45, 7) is 11.1. The molecule has 0 aromatic rings. The smallest absolute Gasteiger partial charge is 0.0819 e. The van der Waals surface area contributed by atoms with Crippen LogP contribution in [0.5, 0.6) is 0 Å². The molecule has 78 valence electrons. The van der Waals surface area contributed by atoms with Crippen molar-refractivity contribution in [1.29, 1.82) is 0 Å². The van der Waals surface area contributed by atoms with Gasteiger partial charge in [-0.1, -0.05) is 36.4 Å². The van der Waals surface area contributed by atoms with Crippen molar-refractivity contribution in [3.8, 4) is 0 Å². The molecule has 4 heteroatoms. The summed E-state index contributed by atoms with van der Waals surface area (Å²) in [5.74, 6) is 0. The van der Waals surface area contributed by atoms with Crippen LogP contribution in [0.2, 0.25) is 0 Å². The molecule has 1 aliphatic heterocycles. The summed E-state index contributed by atoms with van der Waals surface area (Å²) in [6, 6.07) is 0. The number of nitrogens with one attached hydrogen (secondary N) is 1. The van der Waals surface area contributed by atoms with Crippen LogP contribution >= 0.6 is 23.2 Å². The van der Waals surface area contributed by atoms with Crippen molar-refractivity contribution in [2.45, 2.75) is 0 Å². The van der Waals surface area contributed by atoms with Gasteiger partial charge in [0.2, 0.25) is 0 Å². The third kappa shape index (κ3) is 2.77. The molecule has 0 aromatic heterocycles. The lowest BCUT2D eigenvalue weighted by Gasteiger charge is -2.30. The standard InChI is InChI=1S/C10H14Cl2N2/c1-3-9(10(12)8(2)11)14-6-4-13-5-7-14/h3,13H,1-2,4-7H2/b10-9-. The molecule has 14 heavy (non-hydrogen) atoms. The van der Waals surface area contributed by atoms with E-state index in [9.17, 15) is 0 Å². The monoisotopic (exact) mass is 232 g/mol. The number of allylic oxidation sites excluding steroid dienone is 3. The van der Waals surface area contributed by atoms with Crippen LogP contribution in [0.4, 0.5) is 0 Å². The summed E-state index contributed by atoms with van der Waals surface area (Å²) in [4.78, 5) is 2.15. The Kier molecular flexibility index (Phi) is 4.52. The molecule has 0 spiro atoms. The molecule has 1 N–H and O–H groups in total. The molecular weight excluding hydrogens is 219 g/mol. The Morgan fingerprint density at radius 2 is 1.86 bits per heavy atom. The Morgan fingerprint density at radius 1 is 1.29 bits per heavy atom. The third-order valence-corrected chi connectivity index (χ3v) is 2.82. The van der Waals surface area contributed by atoms with Crippen LogP contribution in [0, 0.1) is 0 Å². The van der Waals surface area contributed by atoms with Gasteiger partial charge in [0.05, 0.1) is 15.8 Å². The number of halogens is 2. The van der Waals surface area contributed by atoms with Crippen molar-refractivity contribution in [3.05, 3.63) is 35.0 Å². The Labute approximate surface area is 94.9 Å². The van der Waals surface area contributed by atoms with Gasteiger partial charge in [-0.05, 0) is 6.08 Å². The summed E-state index contributed by atoms with van der Waals surface area (Å²) in [5.41, 5.74) is 0.869. The SMILES string of the molecule is C=C/C(=C(/Cl)C(=C)Cl)N1CCNCC1. The maximum absolute atomic E-state index is 6.03. The minimum atomic E-state index is 0.361. The molecule has 0 radical (unpaired) electrons. The summed E-state index contributed by atoms with van der Waals surface area (Å²) < 4.78 is 0. The zero-order valence-electron chi connectivity index (χ0n) is 8.02. The van der Waals surface area contributed by atoms with Gasteiger partial charge in [0, 0.05) is 26.2 Å². The zero-order valence-corrected chi connectivity index (χ0v) is 9.53. The fourth-order valence-corrected chi connectivity index (χ4v) is 1.70. The second-order valence-corrected chi connectivity index (χ2v) is 3.88. The lowest BCUT2D eigenvalue weighted by Crippen LogP contribution is -2.42. The van der Waals surface area contributed by atoms with Crippen molar-refractivity contribution >= 4 is 23.2 Å². The van der Waals surface area contributed by atoms with Crippen molar-refractivity contribution in [2.75, 3.05) is 26.2 Å². The van der Waals surface area contributed by atoms with Crippen LogP contribution in [-0.4, -0.2) is 31.1 Å². The maximum Gasteiger partial charge on any atom is 0.0819 e. The van der Waals surface area contributed by atoms with Gasteiger partial charge in [-0.3, -0.25) is 0 Å². The van der Waals surface area contributed by atoms with E-state index in [1.54, 1.807) is 6.08 Å². The first-order valence-corrected chi connectivity index (χ1v) is 5.25. The first-order chi connectivity index (χ1) is 6.66. The Morgan fingerprint density at radius 3 is 2.29 bits per heavy atom. The number of hydrogen-bond acceptors (Lipinski definition) is 2. The van der Waals surface area contributed by atoms with Crippen molar-refractivity contribution in [2.24, 2.45) is 0 Å². The van der Waals surface area contributed by atoms with E-state index in [0.717, 1.165) is 31.9 Å². The molecule has 0 saturated carbocycles. The molecule has 1 rings (SSSR count). The molecule has 0 aliphatic carbocycles. The van der Waals surface area contributed by atoms with Gasteiger partial charge in [0.1, 0.15) is 0 Å². The number of piperazine rings is 1. The first-order valence-electron chi connectivity index (χ1n) is 4.49. The molecule has 0 amide bonds. The highest BCUT2D eigenvalue weighted by molar-refractivity contribution is 6.44. The lowest BCUT2D eigenvalue weighted by molar-refractivity contribution is 0.307. The van der Waals surface area contributed by atoms with Gasteiger partial charge in [-0.2, -0.15) is 0 Å². The molecule has 0 aromatic carbocycles. The molecule has 1 heterocycles. The summed E-state index contributed by atoms with van der Waals surface area (Å²) in [5, 5.41) is 4.12. The number of hydrogen-bond donors (Lipinski definition) is 1. The van der Waals surface area contributed by atoms with Gasteiger partial charge in [-0.25, -0.2) is 0 Å². The average molecular weight is 233 g/mol. The maximum atomic E-state index is 6.03. The molecule has 0 bridgehead atoms. The molecule has 0 atom stereocenters. The second-order valence-electron chi connectivity index (χ2n) is 3.05. The highest BCUT2D eigenvalue weighted by Gasteiger charge is 2.14. The van der Waals surface area contributed by atoms with E-state index in [0.29, 0.717) is 10.1 Å². The lowest BCUT2D eigenvalue weighted by atomic mass is 10.2. The van der Waals surface area contributed by atoms with Crippen LogP contribution in [0.1, 0.15) is 0 Å². The third-order valence-electron chi connectivity index (χ3n) is 2.11. The Balaban J connectivity index is 2.83. The van der Waals surface area contributed by atoms with Crippen molar-refractivity contribution in [1.82, 2.24) is 10.2 Å². The Bertz CT molecular complexity index is 265. The molecule has 1 fully saturated rings. The quantitative estimate of drug-likeness (QED) is 0.752. The normalized spacial score (nSPS) is 18.9. The molecule has 2 nitrogen and oxygen atoms in total. The van der Waals surface area contributed by atoms with E-state index >= 15 is 0 Å². The van der Waals surface area contributed by atoms with Gasteiger partial charge in [0.15, 0.2) is 0 Å². The zero-order chi connectivity index (χ0) is 10.6. The van der Waals surface area contributed by atoms with Gasteiger partial charge >= 0.3 is 0 Å². The van der Waals surface area contributed by atoms with E-state index in [1.807, 2.05) is 0 Å². The van der Waals surface area contributed by atoms with Crippen LogP contribution < -0.4 is 5.32 Å². The molecular formula is C10H14Cl2N2. The highest BCUT2D eigenvalue weighted by atomic mass is 35.5. The van der Waals surface area contributed by atoms with Crippen LogP contribution in [0.3, 0.4) is 0 Å². The fraction of sp³-hybridized carbons (Fsp3) is 0.400. The predicted molar refractivity (Wildman–Crippen MR) is 62.5 cm³/mol. The fourth-order valence-electron chi connectivity index (χ4n) is 1.40. The van der Waals surface area contributed by atoms with E-state index in [-0.39, 0.29) is 0 Å². The van der Waals surface area contributed by atoms with Crippen LogP contribution in [-0.2, 0) is 0 Å². The topological polar surface area (TPSA) is 15.3 Å². The minimum Gasteiger partial charge on any atom is -0.368 e. The molecule has 0 unspecified atom stereocenters. The first kappa shape index (κ1) is 11.6. The van der Waals surface area contributed by atoms with E-state index < -0.39 is 0 Å². The summed E-state index contributed by atoms with van der Waals surface area (Å²) in [6.07, 6.45) is 1.72. The van der Waals surface area contributed by atoms with Gasteiger partial charge < -0.3 is 10.2 Å². The predicted octanol–water partition coefficient (Wildman–Crippen LogP) is 2.28. The number of rotatable bonds is 3. The van der Waals surface area contributed by atoms with Gasteiger partial charge in [-0.15, -0.1) is 0 Å². The minimum absolute atomic E-state index is 0.361. The number of nitrogens with zero attached hydrogens (tertiary/aromatic N) is 1. The van der Waals surface area contributed by atoms with E-state index in [4.69, 9.17) is 23.2 Å². The van der Waals surface area contributed by atoms with E-state index in [1.165, 1.54) is 0 Å². The highest BCUT2D eigenvalue weighted by Crippen LogP contribution is 2.24. The molecule has 1 aliphatic rings. The summed E-state index contributed by atoms with van der Waals surface area (Å²) >= 11 is 11.8. The molecule has 1 saturated heterocycles. The van der Waals surface area contributed by atoms with Crippen molar-refractivity contribution in [3.63, 3.8) is 0 Å². The van der Waals surface area contributed by atoms with Crippen molar-refractivity contribution < 1.29 is 0 Å². The second kappa shape index (κ2) is 5.44. The average Bonchev–Trinajstić information content (AvgIpc) is 2.20. The largest absolute Gasteiger partial charge is 0.368 e. The Hall–Kier alpha value is -0.440. The van der Waals surface area contributed by atoms with Gasteiger partial charge in [0.25, 0.3) is 0 Å².